The van der Waals surface area contributed by atoms with Gasteiger partial charge >= 0.3 is 0 Å². The number of fused-ring (bicyclic) bond motifs is 1. The van der Waals surface area contributed by atoms with Gasteiger partial charge in [0, 0.05) is 10.9 Å². The zero-order valence-corrected chi connectivity index (χ0v) is 16.8. The Balaban J connectivity index is 1.83. The van der Waals surface area contributed by atoms with Crippen molar-refractivity contribution in [3.05, 3.63) is 64.3 Å². The van der Waals surface area contributed by atoms with E-state index in [9.17, 15) is 0 Å². The molecule has 0 amide bonds. The standard InChI is InChI=1S/C21H18ClN3OS/c1-12-8-13(2)19(17(22)9-12)25-20-18-16(10-27-21(18)24-11-23-20)14-4-6-15(26-3)7-5-14/h4-11H,1-3H3,(H,23,24,25). The number of hydrogen-bond donors (Lipinski definition) is 1. The van der Waals surface area contributed by atoms with Crippen molar-refractivity contribution in [2.45, 2.75) is 13.8 Å². The van der Waals surface area contributed by atoms with Gasteiger partial charge in [0.05, 0.1) is 23.2 Å². The predicted molar refractivity (Wildman–Crippen MR) is 114 cm³/mol. The summed E-state index contributed by atoms with van der Waals surface area (Å²) in [4.78, 5) is 9.86. The number of aromatic nitrogens is 2. The van der Waals surface area contributed by atoms with Crippen LogP contribution in [0.25, 0.3) is 21.3 Å². The quantitative estimate of drug-likeness (QED) is 0.435. The summed E-state index contributed by atoms with van der Waals surface area (Å²) in [5, 5.41) is 7.21. The summed E-state index contributed by atoms with van der Waals surface area (Å²) in [6.07, 6.45) is 1.58. The molecule has 0 saturated carbocycles. The van der Waals surface area contributed by atoms with E-state index in [1.807, 2.05) is 44.2 Å². The van der Waals surface area contributed by atoms with E-state index < -0.39 is 0 Å². The van der Waals surface area contributed by atoms with Crippen LogP contribution in [0.5, 0.6) is 5.75 Å². The molecule has 4 aromatic rings. The third-order valence-electron chi connectivity index (χ3n) is 4.45. The van der Waals surface area contributed by atoms with Gasteiger partial charge in [0.2, 0.25) is 0 Å². The average molecular weight is 396 g/mol. The lowest BCUT2D eigenvalue weighted by Crippen LogP contribution is -1.99. The molecule has 2 aromatic carbocycles. The Hall–Kier alpha value is -2.63. The lowest BCUT2D eigenvalue weighted by molar-refractivity contribution is 0.415. The molecular weight excluding hydrogens is 378 g/mol. The van der Waals surface area contributed by atoms with Gasteiger partial charge in [-0.25, -0.2) is 9.97 Å². The Morgan fingerprint density at radius 2 is 1.85 bits per heavy atom. The van der Waals surface area contributed by atoms with Gasteiger partial charge in [-0.2, -0.15) is 0 Å². The molecule has 27 heavy (non-hydrogen) atoms. The second kappa shape index (κ2) is 7.18. The molecule has 0 aliphatic carbocycles. The Bertz CT molecular complexity index is 1100. The largest absolute Gasteiger partial charge is 0.497 e. The maximum atomic E-state index is 6.48. The van der Waals surface area contributed by atoms with Crippen molar-refractivity contribution in [3.63, 3.8) is 0 Å². The molecule has 1 N–H and O–H groups in total. The maximum absolute atomic E-state index is 6.48. The Kier molecular flexibility index (Phi) is 4.72. The summed E-state index contributed by atoms with van der Waals surface area (Å²) in [5.74, 6) is 1.58. The van der Waals surface area contributed by atoms with Crippen molar-refractivity contribution in [2.75, 3.05) is 12.4 Å². The number of nitrogens with zero attached hydrogens (tertiary/aromatic N) is 2. The molecule has 136 valence electrons. The molecule has 2 heterocycles. The van der Waals surface area contributed by atoms with E-state index in [2.05, 4.69) is 26.7 Å². The summed E-state index contributed by atoms with van der Waals surface area (Å²) in [5.41, 5.74) is 5.25. The van der Waals surface area contributed by atoms with Crippen LogP contribution in [0.3, 0.4) is 0 Å². The predicted octanol–water partition coefficient (Wildman–Crippen LogP) is 6.38. The highest BCUT2D eigenvalue weighted by Gasteiger charge is 2.15. The van der Waals surface area contributed by atoms with Crippen LogP contribution in [-0.2, 0) is 0 Å². The van der Waals surface area contributed by atoms with Gasteiger partial charge in [0.1, 0.15) is 22.7 Å². The summed E-state index contributed by atoms with van der Waals surface area (Å²) >= 11 is 8.08. The number of methoxy groups -OCH3 is 1. The lowest BCUT2D eigenvalue weighted by Gasteiger charge is -2.13. The number of benzene rings is 2. The number of halogens is 1. The average Bonchev–Trinajstić information content (AvgIpc) is 3.09. The van der Waals surface area contributed by atoms with Gasteiger partial charge in [-0.05, 0) is 48.7 Å². The molecule has 0 atom stereocenters. The van der Waals surface area contributed by atoms with Crippen LogP contribution in [0.15, 0.2) is 48.1 Å². The fourth-order valence-electron chi connectivity index (χ4n) is 3.15. The Morgan fingerprint density at radius 1 is 1.07 bits per heavy atom. The van der Waals surface area contributed by atoms with E-state index in [1.165, 1.54) is 0 Å². The molecule has 0 saturated heterocycles. The van der Waals surface area contributed by atoms with Crippen LogP contribution in [0.2, 0.25) is 5.02 Å². The van der Waals surface area contributed by atoms with Crippen LogP contribution in [0.4, 0.5) is 11.5 Å². The van der Waals surface area contributed by atoms with Crippen molar-refractivity contribution in [3.8, 4) is 16.9 Å². The fraction of sp³-hybridized carbons (Fsp3) is 0.143. The van der Waals surface area contributed by atoms with Crippen LogP contribution in [0.1, 0.15) is 11.1 Å². The molecule has 6 heteroatoms. The Morgan fingerprint density at radius 3 is 2.56 bits per heavy atom. The molecule has 2 aromatic heterocycles. The first-order valence-electron chi connectivity index (χ1n) is 8.47. The third kappa shape index (κ3) is 3.36. The highest BCUT2D eigenvalue weighted by molar-refractivity contribution is 7.17. The van der Waals surface area contributed by atoms with E-state index in [0.29, 0.717) is 5.02 Å². The molecule has 0 aliphatic rings. The van der Waals surface area contributed by atoms with E-state index in [1.54, 1.807) is 24.8 Å². The van der Waals surface area contributed by atoms with Crippen molar-refractivity contribution in [2.24, 2.45) is 0 Å². The van der Waals surface area contributed by atoms with E-state index in [-0.39, 0.29) is 0 Å². The van der Waals surface area contributed by atoms with Gasteiger partial charge in [-0.15, -0.1) is 11.3 Å². The maximum Gasteiger partial charge on any atom is 0.143 e. The highest BCUT2D eigenvalue weighted by Crippen LogP contribution is 2.39. The molecular formula is C21H18ClN3OS. The number of rotatable bonds is 4. The van der Waals surface area contributed by atoms with Crippen molar-refractivity contribution in [1.29, 1.82) is 0 Å². The number of thiophene rings is 1. The highest BCUT2D eigenvalue weighted by atomic mass is 35.5. The first kappa shape index (κ1) is 17.8. The lowest BCUT2D eigenvalue weighted by atomic mass is 10.1. The fourth-order valence-corrected chi connectivity index (χ4v) is 4.43. The zero-order chi connectivity index (χ0) is 19.0. The normalized spacial score (nSPS) is 11.0. The van der Waals surface area contributed by atoms with Gasteiger partial charge < -0.3 is 10.1 Å². The second-order valence-corrected chi connectivity index (χ2v) is 7.61. The van der Waals surface area contributed by atoms with E-state index in [4.69, 9.17) is 16.3 Å². The molecule has 4 rings (SSSR count). The minimum absolute atomic E-state index is 0.681. The van der Waals surface area contributed by atoms with Gasteiger partial charge in [-0.1, -0.05) is 29.8 Å². The number of anilines is 2. The smallest absolute Gasteiger partial charge is 0.143 e. The molecule has 0 radical (unpaired) electrons. The first-order chi connectivity index (χ1) is 13.1. The number of nitrogens with one attached hydrogen (secondary N) is 1. The van der Waals surface area contributed by atoms with E-state index in [0.717, 1.165) is 49.7 Å². The van der Waals surface area contributed by atoms with Gasteiger partial charge in [0.25, 0.3) is 0 Å². The second-order valence-electron chi connectivity index (χ2n) is 6.34. The van der Waals surface area contributed by atoms with Crippen molar-refractivity contribution in [1.82, 2.24) is 9.97 Å². The molecule has 4 nitrogen and oxygen atoms in total. The van der Waals surface area contributed by atoms with E-state index >= 15 is 0 Å². The summed E-state index contributed by atoms with van der Waals surface area (Å²) in [7, 11) is 1.67. The zero-order valence-electron chi connectivity index (χ0n) is 15.2. The third-order valence-corrected chi connectivity index (χ3v) is 5.63. The monoisotopic (exact) mass is 395 g/mol. The van der Waals surface area contributed by atoms with Gasteiger partial charge in [0.15, 0.2) is 0 Å². The van der Waals surface area contributed by atoms with Crippen LogP contribution in [0, 0.1) is 13.8 Å². The number of hydrogen-bond acceptors (Lipinski definition) is 5. The Labute approximate surface area is 166 Å². The van der Waals surface area contributed by atoms with Gasteiger partial charge in [-0.3, -0.25) is 0 Å². The number of ether oxygens (including phenoxy) is 1. The first-order valence-corrected chi connectivity index (χ1v) is 9.73. The van der Waals surface area contributed by atoms with Crippen molar-refractivity contribution >= 4 is 44.7 Å². The van der Waals surface area contributed by atoms with Crippen molar-refractivity contribution < 1.29 is 4.74 Å². The molecule has 0 spiro atoms. The minimum Gasteiger partial charge on any atom is -0.497 e. The molecule has 0 unspecified atom stereocenters. The topological polar surface area (TPSA) is 47.0 Å². The van der Waals surface area contributed by atoms with Crippen LogP contribution >= 0.6 is 22.9 Å². The number of aryl methyl sites for hydroxylation is 2. The summed E-state index contributed by atoms with van der Waals surface area (Å²) in [6, 6.07) is 12.0. The van der Waals surface area contributed by atoms with Crippen LogP contribution in [-0.4, -0.2) is 17.1 Å². The molecule has 0 aliphatic heterocycles. The summed E-state index contributed by atoms with van der Waals surface area (Å²) in [6.45, 7) is 4.07. The molecule has 0 bridgehead atoms. The molecule has 0 fully saturated rings. The van der Waals surface area contributed by atoms with Crippen LogP contribution < -0.4 is 10.1 Å². The SMILES string of the molecule is COc1ccc(-c2csc3ncnc(Nc4c(C)cc(C)cc4Cl)c23)cc1. The minimum atomic E-state index is 0.681. The summed E-state index contributed by atoms with van der Waals surface area (Å²) < 4.78 is 5.26.